The fourth-order valence-electron chi connectivity index (χ4n) is 1.92. The lowest BCUT2D eigenvalue weighted by atomic mass is 10.1. The van der Waals surface area contributed by atoms with Gasteiger partial charge in [-0.1, -0.05) is 0 Å². The number of nitrogens with zero attached hydrogens (tertiary/aromatic N) is 1. The number of ether oxygens (including phenoxy) is 2. The number of urea groups is 1. The number of amides is 2. The molecule has 1 heterocycles. The smallest absolute Gasteiger partial charge is 0.326 e. The number of aliphatic carboxylic acids is 1. The predicted molar refractivity (Wildman–Crippen MR) is 68.1 cm³/mol. The van der Waals surface area contributed by atoms with E-state index in [4.69, 9.17) is 14.6 Å². The van der Waals surface area contributed by atoms with Gasteiger partial charge in [-0.3, -0.25) is 0 Å². The molecule has 0 bridgehead atoms. The van der Waals surface area contributed by atoms with Gasteiger partial charge in [-0.25, -0.2) is 9.59 Å². The first-order valence-corrected chi connectivity index (χ1v) is 6.27. The van der Waals surface area contributed by atoms with Gasteiger partial charge >= 0.3 is 12.0 Å². The first kappa shape index (κ1) is 15.7. The van der Waals surface area contributed by atoms with E-state index in [-0.39, 0.29) is 19.1 Å². The van der Waals surface area contributed by atoms with Gasteiger partial charge in [-0.2, -0.15) is 0 Å². The van der Waals surface area contributed by atoms with Crippen molar-refractivity contribution in [3.8, 4) is 0 Å². The van der Waals surface area contributed by atoms with Gasteiger partial charge in [0, 0.05) is 26.7 Å². The van der Waals surface area contributed by atoms with Crippen LogP contribution in [-0.2, 0) is 14.3 Å². The van der Waals surface area contributed by atoms with Crippen LogP contribution in [0.25, 0.3) is 0 Å². The molecule has 0 aromatic carbocycles. The van der Waals surface area contributed by atoms with Crippen LogP contribution >= 0.6 is 0 Å². The molecule has 0 aliphatic carbocycles. The molecule has 0 aromatic heterocycles. The summed E-state index contributed by atoms with van der Waals surface area (Å²) in [6, 6.07) is -1.31. The maximum Gasteiger partial charge on any atom is 0.326 e. The third-order valence-electron chi connectivity index (χ3n) is 2.92. The van der Waals surface area contributed by atoms with Crippen molar-refractivity contribution in [3.05, 3.63) is 0 Å². The van der Waals surface area contributed by atoms with E-state index in [0.29, 0.717) is 19.7 Å². The largest absolute Gasteiger partial charge is 0.480 e. The van der Waals surface area contributed by atoms with Crippen molar-refractivity contribution in [2.24, 2.45) is 0 Å². The first-order chi connectivity index (χ1) is 8.85. The standard InChI is InChI=1S/C12H22N2O5/c1-12(2)8-14(5-7-19-12)11(17)13-9(10(15)16)4-6-18-3/h9H,4-8H2,1-3H3,(H,13,17)(H,15,16). The molecule has 1 aliphatic heterocycles. The first-order valence-electron chi connectivity index (χ1n) is 6.27. The Hall–Kier alpha value is -1.34. The van der Waals surface area contributed by atoms with Gasteiger partial charge in [0.1, 0.15) is 6.04 Å². The van der Waals surface area contributed by atoms with E-state index < -0.39 is 17.6 Å². The Morgan fingerprint density at radius 2 is 2.21 bits per heavy atom. The normalized spacial score (nSPS) is 19.8. The second-order valence-corrected chi connectivity index (χ2v) is 5.15. The van der Waals surface area contributed by atoms with Crippen molar-refractivity contribution >= 4 is 12.0 Å². The molecule has 0 aromatic rings. The van der Waals surface area contributed by atoms with Gasteiger partial charge in [0.05, 0.1) is 18.8 Å². The average molecular weight is 274 g/mol. The van der Waals surface area contributed by atoms with Crippen LogP contribution in [0.1, 0.15) is 20.3 Å². The van der Waals surface area contributed by atoms with Crippen molar-refractivity contribution in [3.63, 3.8) is 0 Å². The van der Waals surface area contributed by atoms with Gasteiger partial charge in [-0.05, 0) is 13.8 Å². The van der Waals surface area contributed by atoms with E-state index in [1.165, 1.54) is 7.11 Å². The second-order valence-electron chi connectivity index (χ2n) is 5.15. The minimum atomic E-state index is -1.06. The molecule has 110 valence electrons. The quantitative estimate of drug-likeness (QED) is 0.752. The summed E-state index contributed by atoms with van der Waals surface area (Å²) >= 11 is 0. The summed E-state index contributed by atoms with van der Waals surface area (Å²) in [4.78, 5) is 24.6. The number of morpholine rings is 1. The van der Waals surface area contributed by atoms with E-state index in [1.54, 1.807) is 4.90 Å². The van der Waals surface area contributed by atoms with Crippen LogP contribution in [0.4, 0.5) is 4.79 Å². The highest BCUT2D eigenvalue weighted by Crippen LogP contribution is 2.16. The fraction of sp³-hybridized carbons (Fsp3) is 0.833. The van der Waals surface area contributed by atoms with Gasteiger partial charge in [0.25, 0.3) is 0 Å². The van der Waals surface area contributed by atoms with E-state index >= 15 is 0 Å². The molecule has 0 saturated carbocycles. The van der Waals surface area contributed by atoms with Gasteiger partial charge in [0.2, 0.25) is 0 Å². The van der Waals surface area contributed by atoms with Crippen molar-refractivity contribution in [1.82, 2.24) is 10.2 Å². The molecule has 7 nitrogen and oxygen atoms in total. The van der Waals surface area contributed by atoms with Crippen LogP contribution in [0.3, 0.4) is 0 Å². The topological polar surface area (TPSA) is 88.1 Å². The summed E-state index contributed by atoms with van der Waals surface area (Å²) in [7, 11) is 1.49. The SMILES string of the molecule is COCCC(NC(=O)N1CCOC(C)(C)C1)C(=O)O. The molecule has 1 atom stereocenters. The summed E-state index contributed by atoms with van der Waals surface area (Å²) in [5, 5.41) is 11.5. The third-order valence-corrected chi connectivity index (χ3v) is 2.92. The molecule has 1 unspecified atom stereocenters. The Morgan fingerprint density at radius 3 is 2.74 bits per heavy atom. The minimum Gasteiger partial charge on any atom is -0.480 e. The molecule has 0 spiro atoms. The van der Waals surface area contributed by atoms with Crippen molar-refractivity contribution in [1.29, 1.82) is 0 Å². The summed E-state index contributed by atoms with van der Waals surface area (Å²) in [5.74, 6) is -1.06. The fourth-order valence-corrected chi connectivity index (χ4v) is 1.92. The molecule has 7 heteroatoms. The second kappa shape index (κ2) is 6.72. The van der Waals surface area contributed by atoms with Gasteiger partial charge < -0.3 is 24.8 Å². The zero-order valence-corrected chi connectivity index (χ0v) is 11.6. The lowest BCUT2D eigenvalue weighted by molar-refractivity contribution is -0.139. The van der Waals surface area contributed by atoms with Gasteiger partial charge in [0.15, 0.2) is 0 Å². The Kier molecular flexibility index (Phi) is 5.56. The number of carboxylic acids is 1. The van der Waals surface area contributed by atoms with Crippen molar-refractivity contribution in [2.75, 3.05) is 33.4 Å². The molecule has 1 rings (SSSR count). The summed E-state index contributed by atoms with van der Waals surface area (Å²) in [6.07, 6.45) is 0.241. The number of rotatable bonds is 5. The highest BCUT2D eigenvalue weighted by molar-refractivity contribution is 5.82. The van der Waals surface area contributed by atoms with Crippen LogP contribution in [0.2, 0.25) is 0 Å². The maximum atomic E-state index is 12.0. The highest BCUT2D eigenvalue weighted by atomic mass is 16.5. The molecular weight excluding hydrogens is 252 g/mol. The molecule has 1 fully saturated rings. The van der Waals surface area contributed by atoms with Crippen LogP contribution in [-0.4, -0.2) is 67.1 Å². The van der Waals surface area contributed by atoms with E-state index in [1.807, 2.05) is 13.8 Å². The van der Waals surface area contributed by atoms with Gasteiger partial charge in [-0.15, -0.1) is 0 Å². The van der Waals surface area contributed by atoms with E-state index in [0.717, 1.165) is 0 Å². The average Bonchev–Trinajstić information content (AvgIpc) is 2.32. The summed E-state index contributed by atoms with van der Waals surface area (Å²) in [6.45, 7) is 5.43. The van der Waals surface area contributed by atoms with Crippen LogP contribution in [0.5, 0.6) is 0 Å². The summed E-state index contributed by atoms with van der Waals surface area (Å²) < 4.78 is 10.3. The van der Waals surface area contributed by atoms with E-state index in [9.17, 15) is 9.59 Å². The Balaban J connectivity index is 2.54. The Bertz CT molecular complexity index is 332. The number of hydrogen-bond donors (Lipinski definition) is 2. The zero-order valence-electron chi connectivity index (χ0n) is 11.6. The summed E-state index contributed by atoms with van der Waals surface area (Å²) in [5.41, 5.74) is -0.402. The van der Waals surface area contributed by atoms with E-state index in [2.05, 4.69) is 5.32 Å². The molecule has 2 N–H and O–H groups in total. The van der Waals surface area contributed by atoms with Crippen LogP contribution < -0.4 is 5.32 Å². The molecular formula is C12H22N2O5. The number of hydrogen-bond acceptors (Lipinski definition) is 4. The number of carbonyl (C=O) groups excluding carboxylic acids is 1. The molecule has 2 amide bonds. The molecule has 1 aliphatic rings. The van der Waals surface area contributed by atoms with Crippen molar-refractivity contribution in [2.45, 2.75) is 31.9 Å². The zero-order chi connectivity index (χ0) is 14.5. The molecule has 0 radical (unpaired) electrons. The van der Waals surface area contributed by atoms with Crippen molar-refractivity contribution < 1.29 is 24.2 Å². The minimum absolute atomic E-state index is 0.241. The number of carbonyl (C=O) groups is 2. The lowest BCUT2D eigenvalue weighted by Gasteiger charge is -2.38. The predicted octanol–water partition coefficient (Wildman–Crippen LogP) is 0.297. The third kappa shape index (κ3) is 5.04. The number of methoxy groups -OCH3 is 1. The number of carboxylic acid groups (broad SMARTS) is 1. The maximum absolute atomic E-state index is 12.0. The molecule has 1 saturated heterocycles. The monoisotopic (exact) mass is 274 g/mol. The highest BCUT2D eigenvalue weighted by Gasteiger charge is 2.31. The Labute approximate surface area is 112 Å². The number of nitrogens with one attached hydrogen (secondary N) is 1. The Morgan fingerprint density at radius 1 is 1.53 bits per heavy atom. The molecule has 19 heavy (non-hydrogen) atoms. The lowest BCUT2D eigenvalue weighted by Crippen LogP contribution is -2.56. The van der Waals surface area contributed by atoms with Crippen LogP contribution in [0.15, 0.2) is 0 Å². The van der Waals surface area contributed by atoms with Crippen LogP contribution in [0, 0.1) is 0 Å².